The van der Waals surface area contributed by atoms with Gasteiger partial charge in [-0.05, 0) is 78.5 Å². The lowest BCUT2D eigenvalue weighted by molar-refractivity contribution is -0.137. The lowest BCUT2D eigenvalue weighted by Crippen LogP contribution is -2.26. The minimum absolute atomic E-state index is 0.160. The van der Waals surface area contributed by atoms with Gasteiger partial charge < -0.3 is 10.2 Å². The molecule has 1 saturated carbocycles. The monoisotopic (exact) mass is 504 g/mol. The first-order valence-corrected chi connectivity index (χ1v) is 12.3. The van der Waals surface area contributed by atoms with Gasteiger partial charge in [0.25, 0.3) is 0 Å². The van der Waals surface area contributed by atoms with Crippen LogP contribution < -0.4 is 10.2 Å². The summed E-state index contributed by atoms with van der Waals surface area (Å²) in [7, 11) is 0. The topological polar surface area (TPSA) is 95.5 Å². The van der Waals surface area contributed by atoms with Crippen LogP contribution >= 0.6 is 0 Å². The van der Waals surface area contributed by atoms with Crippen molar-refractivity contribution < 1.29 is 17.6 Å². The van der Waals surface area contributed by atoms with E-state index in [1.807, 2.05) is 4.90 Å². The number of hydrogen-bond acceptors (Lipinski definition) is 7. The molecule has 2 aromatic heterocycles. The second kappa shape index (κ2) is 10.4. The van der Waals surface area contributed by atoms with Crippen LogP contribution in [0.5, 0.6) is 0 Å². The first-order valence-electron chi connectivity index (χ1n) is 12.3. The van der Waals surface area contributed by atoms with Crippen molar-refractivity contribution in [3.05, 3.63) is 53.4 Å². The van der Waals surface area contributed by atoms with E-state index in [4.69, 9.17) is 0 Å². The smallest absolute Gasteiger partial charge is 0.367 e. The van der Waals surface area contributed by atoms with E-state index >= 15 is 4.39 Å². The van der Waals surface area contributed by atoms with E-state index in [0.29, 0.717) is 36.9 Å². The van der Waals surface area contributed by atoms with E-state index in [9.17, 15) is 13.2 Å². The predicted octanol–water partition coefficient (Wildman–Crippen LogP) is 4.95. The molecule has 1 aliphatic heterocycles. The van der Waals surface area contributed by atoms with Gasteiger partial charge in [-0.15, -0.1) is 5.10 Å². The maximum Gasteiger partial charge on any atom is 0.416 e. The number of H-pyrrole nitrogens is 1. The van der Waals surface area contributed by atoms with Crippen LogP contribution in [0.3, 0.4) is 0 Å². The third-order valence-corrected chi connectivity index (χ3v) is 7.31. The maximum atomic E-state index is 15.5. The van der Waals surface area contributed by atoms with Gasteiger partial charge in [-0.1, -0.05) is 12.1 Å². The third kappa shape index (κ3) is 5.41. The average molecular weight is 505 g/mol. The molecular weight excluding hydrogens is 476 g/mol. The highest BCUT2D eigenvalue weighted by atomic mass is 19.4. The molecule has 3 aromatic rings. The number of nitrogens with zero attached hydrogens (tertiary/aromatic N) is 6. The molecule has 0 radical (unpaired) electrons. The molecule has 0 amide bonds. The Morgan fingerprint density at radius 3 is 2.44 bits per heavy atom. The number of halogens is 4. The normalized spacial score (nSPS) is 22.7. The number of aromatic nitrogens is 6. The first kappa shape index (κ1) is 24.4. The number of tetrazole rings is 1. The number of hydrogen-bond donors (Lipinski definition) is 2. The molecule has 3 heterocycles. The average Bonchev–Trinajstić information content (AvgIpc) is 3.56. The zero-order valence-electron chi connectivity index (χ0n) is 19.7. The van der Waals surface area contributed by atoms with Gasteiger partial charge in [-0.25, -0.2) is 15.1 Å². The minimum atomic E-state index is -4.39. The molecule has 0 spiro atoms. The van der Waals surface area contributed by atoms with E-state index in [1.165, 1.54) is 18.5 Å². The molecule has 1 saturated heterocycles. The standard InChI is InChI=1S/C24H28F4N8/c25-21-22(29-13-16-5-3-15(4-6-16)12-20-32-34-35-33-20)30-14-31-23(21)36-11-1-2-19(36)17-7-9-18(10-8-17)24(26,27)28/h7-10,14-16,19H,1-6,11-13H2,(H,29,30,31)(H,32,33,34,35). The van der Waals surface area contributed by atoms with Crippen LogP contribution in [0.25, 0.3) is 0 Å². The van der Waals surface area contributed by atoms with Crippen molar-refractivity contribution in [1.29, 1.82) is 0 Å². The highest BCUT2D eigenvalue weighted by Gasteiger charge is 2.33. The molecule has 8 nitrogen and oxygen atoms in total. The molecule has 1 unspecified atom stereocenters. The van der Waals surface area contributed by atoms with Gasteiger partial charge in [-0.3, -0.25) is 0 Å². The summed E-state index contributed by atoms with van der Waals surface area (Å²) in [6, 6.07) is 4.86. The Hall–Kier alpha value is -3.31. The Kier molecular flexibility index (Phi) is 7.01. The molecule has 1 aliphatic carbocycles. The Bertz CT molecular complexity index is 1130. The molecule has 2 N–H and O–H groups in total. The number of nitrogens with one attached hydrogen (secondary N) is 2. The van der Waals surface area contributed by atoms with Crippen LogP contribution in [0.4, 0.5) is 29.2 Å². The summed E-state index contributed by atoms with van der Waals surface area (Å²) in [5, 5.41) is 17.2. The van der Waals surface area contributed by atoms with Crippen molar-refractivity contribution in [3.8, 4) is 0 Å². The van der Waals surface area contributed by atoms with Crippen molar-refractivity contribution in [2.24, 2.45) is 11.8 Å². The zero-order valence-corrected chi connectivity index (χ0v) is 19.7. The Balaban J connectivity index is 1.21. The summed E-state index contributed by atoms with van der Waals surface area (Å²) >= 11 is 0. The Labute approximate surface area is 205 Å². The SMILES string of the molecule is Fc1c(NCC2CCC(Cc3nnn[nH]3)CC2)ncnc1N1CCCC1c1ccc(C(F)(F)F)cc1. The lowest BCUT2D eigenvalue weighted by Gasteiger charge is -2.29. The van der Waals surface area contributed by atoms with Crippen molar-refractivity contribution >= 4 is 11.6 Å². The largest absolute Gasteiger partial charge is 0.416 e. The van der Waals surface area contributed by atoms with Crippen molar-refractivity contribution in [1.82, 2.24) is 30.6 Å². The number of benzene rings is 1. The molecule has 1 aromatic carbocycles. The molecule has 2 aliphatic rings. The highest BCUT2D eigenvalue weighted by Crippen LogP contribution is 2.39. The fourth-order valence-corrected chi connectivity index (χ4v) is 5.36. The van der Waals surface area contributed by atoms with Gasteiger partial charge in [0.1, 0.15) is 12.2 Å². The minimum Gasteiger partial charge on any atom is -0.367 e. The molecule has 5 rings (SSSR count). The molecular formula is C24H28F4N8. The van der Waals surface area contributed by atoms with Gasteiger partial charge in [0.2, 0.25) is 5.82 Å². The third-order valence-electron chi connectivity index (χ3n) is 7.31. The number of aromatic amines is 1. The van der Waals surface area contributed by atoms with Gasteiger partial charge in [0.15, 0.2) is 11.6 Å². The van der Waals surface area contributed by atoms with E-state index in [-0.39, 0.29) is 17.7 Å². The predicted molar refractivity (Wildman–Crippen MR) is 125 cm³/mol. The first-order chi connectivity index (χ1) is 17.4. The second-order valence-corrected chi connectivity index (χ2v) is 9.65. The molecule has 192 valence electrons. The van der Waals surface area contributed by atoms with Crippen molar-refractivity contribution in [3.63, 3.8) is 0 Å². The summed E-state index contributed by atoms with van der Waals surface area (Å²) in [6.07, 6.45) is 3.48. The Morgan fingerprint density at radius 1 is 1.00 bits per heavy atom. The van der Waals surface area contributed by atoms with Crippen LogP contribution in [0.2, 0.25) is 0 Å². The summed E-state index contributed by atoms with van der Waals surface area (Å²) in [5.41, 5.74) is 0.0189. The number of anilines is 2. The zero-order chi connectivity index (χ0) is 25.1. The molecule has 1 atom stereocenters. The highest BCUT2D eigenvalue weighted by molar-refractivity contribution is 5.53. The van der Waals surface area contributed by atoms with Crippen LogP contribution in [-0.2, 0) is 12.6 Å². The molecule has 2 fully saturated rings. The fourth-order valence-electron chi connectivity index (χ4n) is 5.36. The summed E-state index contributed by atoms with van der Waals surface area (Å²) in [6.45, 7) is 1.19. The molecule has 12 heteroatoms. The Morgan fingerprint density at radius 2 is 1.75 bits per heavy atom. The van der Waals surface area contributed by atoms with E-state index in [1.54, 1.807) is 0 Å². The van der Waals surface area contributed by atoms with Gasteiger partial charge in [-0.2, -0.15) is 17.6 Å². The quantitative estimate of drug-likeness (QED) is 0.440. The van der Waals surface area contributed by atoms with Crippen LogP contribution in [0.15, 0.2) is 30.6 Å². The van der Waals surface area contributed by atoms with Gasteiger partial charge in [0.05, 0.1) is 11.6 Å². The van der Waals surface area contributed by atoms with E-state index in [2.05, 4.69) is 35.9 Å². The summed E-state index contributed by atoms with van der Waals surface area (Å²) < 4.78 is 54.3. The summed E-state index contributed by atoms with van der Waals surface area (Å²) in [4.78, 5) is 10.1. The lowest BCUT2D eigenvalue weighted by atomic mass is 9.80. The number of alkyl halides is 3. The van der Waals surface area contributed by atoms with Crippen LogP contribution in [0, 0.1) is 17.7 Å². The molecule has 0 bridgehead atoms. The van der Waals surface area contributed by atoms with E-state index < -0.39 is 17.6 Å². The van der Waals surface area contributed by atoms with Crippen molar-refractivity contribution in [2.45, 2.75) is 57.2 Å². The number of rotatable bonds is 7. The van der Waals surface area contributed by atoms with Gasteiger partial charge >= 0.3 is 6.18 Å². The van der Waals surface area contributed by atoms with Crippen LogP contribution in [0.1, 0.15) is 61.5 Å². The maximum absolute atomic E-state index is 15.5. The van der Waals surface area contributed by atoms with Gasteiger partial charge in [0, 0.05) is 19.5 Å². The molecule has 36 heavy (non-hydrogen) atoms. The fraction of sp³-hybridized carbons (Fsp3) is 0.542. The second-order valence-electron chi connectivity index (χ2n) is 9.65. The van der Waals surface area contributed by atoms with Crippen LogP contribution in [-0.4, -0.2) is 43.7 Å². The summed E-state index contributed by atoms with van der Waals surface area (Å²) in [5.74, 6) is 1.58. The van der Waals surface area contributed by atoms with E-state index in [0.717, 1.165) is 56.5 Å². The van der Waals surface area contributed by atoms with Crippen molar-refractivity contribution in [2.75, 3.05) is 23.3 Å².